The van der Waals surface area contributed by atoms with Crippen molar-refractivity contribution >= 4 is 11.6 Å². The number of nitrogens with zero attached hydrogens (tertiary/aromatic N) is 1. The Balaban J connectivity index is 1.68. The molecule has 5 heteroatoms. The van der Waals surface area contributed by atoms with Gasteiger partial charge in [-0.05, 0) is 68.8 Å². The van der Waals surface area contributed by atoms with E-state index in [9.17, 15) is 4.79 Å². The largest absolute Gasteiger partial charge is 0.497 e. The summed E-state index contributed by atoms with van der Waals surface area (Å²) in [5, 5.41) is 2.99. The maximum atomic E-state index is 12.2. The molecule has 0 aliphatic heterocycles. The Morgan fingerprint density at radius 2 is 1.77 bits per heavy atom. The molecule has 0 aromatic heterocycles. The van der Waals surface area contributed by atoms with Gasteiger partial charge in [-0.25, -0.2) is 0 Å². The lowest BCUT2D eigenvalue weighted by molar-refractivity contribution is -0.117. The van der Waals surface area contributed by atoms with Crippen molar-refractivity contribution in [2.75, 3.05) is 39.2 Å². The fourth-order valence-electron chi connectivity index (χ4n) is 2.60. The fourth-order valence-corrected chi connectivity index (χ4v) is 2.60. The maximum absolute atomic E-state index is 12.2. The van der Waals surface area contributed by atoms with Gasteiger partial charge in [0.1, 0.15) is 11.5 Å². The van der Waals surface area contributed by atoms with Gasteiger partial charge in [-0.2, -0.15) is 0 Å². The molecule has 5 nitrogen and oxygen atoms in total. The van der Waals surface area contributed by atoms with Crippen LogP contribution in [0, 0.1) is 13.8 Å². The highest BCUT2D eigenvalue weighted by atomic mass is 16.5. The van der Waals surface area contributed by atoms with Crippen molar-refractivity contribution in [2.45, 2.75) is 20.3 Å². The van der Waals surface area contributed by atoms with Gasteiger partial charge in [0.2, 0.25) is 5.91 Å². The molecule has 0 fully saturated rings. The molecule has 0 bridgehead atoms. The van der Waals surface area contributed by atoms with E-state index in [0.29, 0.717) is 13.2 Å². The number of carbonyl (C=O) groups is 1. The molecule has 2 aromatic carbocycles. The van der Waals surface area contributed by atoms with E-state index in [0.717, 1.165) is 35.7 Å². The van der Waals surface area contributed by atoms with Crippen LogP contribution < -0.4 is 14.8 Å². The molecule has 0 saturated carbocycles. The minimum Gasteiger partial charge on any atom is -0.497 e. The second-order valence-corrected chi connectivity index (χ2v) is 6.41. The lowest BCUT2D eigenvalue weighted by Crippen LogP contribution is -2.31. The first-order chi connectivity index (χ1) is 12.5. The van der Waals surface area contributed by atoms with Crippen molar-refractivity contribution in [3.8, 4) is 11.5 Å². The Kier molecular flexibility index (Phi) is 7.48. The molecule has 0 heterocycles. The number of methoxy groups -OCH3 is 1. The molecule has 1 amide bonds. The normalized spacial score (nSPS) is 10.7. The third kappa shape index (κ3) is 6.08. The summed E-state index contributed by atoms with van der Waals surface area (Å²) in [5.41, 5.74) is 3.16. The molecule has 0 radical (unpaired) electrons. The summed E-state index contributed by atoms with van der Waals surface area (Å²) >= 11 is 0. The van der Waals surface area contributed by atoms with Gasteiger partial charge < -0.3 is 14.8 Å². The zero-order valence-corrected chi connectivity index (χ0v) is 16.0. The van der Waals surface area contributed by atoms with Crippen LogP contribution in [0.4, 0.5) is 5.69 Å². The molecule has 0 unspecified atom stereocenters. The van der Waals surface area contributed by atoms with Crippen molar-refractivity contribution in [2.24, 2.45) is 0 Å². The van der Waals surface area contributed by atoms with E-state index >= 15 is 0 Å². The lowest BCUT2D eigenvalue weighted by Gasteiger charge is -2.17. The summed E-state index contributed by atoms with van der Waals surface area (Å²) in [6.45, 7) is 5.81. The number of likely N-dealkylation sites (N-methyl/N-ethyl adjacent to an activating group) is 1. The molecular weight excluding hydrogens is 328 g/mol. The minimum atomic E-state index is -0.00253. The van der Waals surface area contributed by atoms with Gasteiger partial charge in [0.25, 0.3) is 0 Å². The van der Waals surface area contributed by atoms with Crippen molar-refractivity contribution in [1.82, 2.24) is 4.90 Å². The van der Waals surface area contributed by atoms with Crippen molar-refractivity contribution in [1.29, 1.82) is 0 Å². The van der Waals surface area contributed by atoms with Gasteiger partial charge in [0.15, 0.2) is 0 Å². The SMILES string of the molecule is COc1ccc(OCCCN(C)CC(=O)Nc2cccc(C)c2C)cc1. The Hall–Kier alpha value is -2.53. The summed E-state index contributed by atoms with van der Waals surface area (Å²) in [4.78, 5) is 14.2. The number of hydrogen-bond donors (Lipinski definition) is 1. The van der Waals surface area contributed by atoms with Crippen LogP contribution in [0.15, 0.2) is 42.5 Å². The minimum absolute atomic E-state index is 0.00253. The predicted molar refractivity (Wildman–Crippen MR) is 105 cm³/mol. The van der Waals surface area contributed by atoms with Gasteiger partial charge in [0, 0.05) is 12.2 Å². The standard InChI is InChI=1S/C21H28N2O3/c1-16-7-5-8-20(17(16)2)22-21(24)15-23(3)13-6-14-26-19-11-9-18(25-4)10-12-19/h5,7-12H,6,13-15H2,1-4H3,(H,22,24). The van der Waals surface area contributed by atoms with Gasteiger partial charge in [-0.15, -0.1) is 0 Å². The summed E-state index contributed by atoms with van der Waals surface area (Å²) in [7, 11) is 3.58. The van der Waals surface area contributed by atoms with Crippen LogP contribution in [0.3, 0.4) is 0 Å². The van der Waals surface area contributed by atoms with Crippen molar-refractivity contribution in [3.63, 3.8) is 0 Å². The Morgan fingerprint density at radius 1 is 1.08 bits per heavy atom. The molecule has 0 spiro atoms. The van der Waals surface area contributed by atoms with E-state index in [1.807, 2.05) is 68.3 Å². The number of ether oxygens (including phenoxy) is 2. The molecule has 1 N–H and O–H groups in total. The number of amides is 1. The molecular formula is C21H28N2O3. The topological polar surface area (TPSA) is 50.8 Å². The molecule has 2 rings (SSSR count). The third-order valence-electron chi connectivity index (χ3n) is 4.30. The number of carbonyl (C=O) groups excluding carboxylic acids is 1. The average Bonchev–Trinajstić information content (AvgIpc) is 2.63. The Morgan fingerprint density at radius 3 is 2.46 bits per heavy atom. The second-order valence-electron chi connectivity index (χ2n) is 6.41. The highest BCUT2D eigenvalue weighted by molar-refractivity contribution is 5.93. The summed E-state index contributed by atoms with van der Waals surface area (Å²) in [6, 6.07) is 13.5. The first-order valence-corrected chi connectivity index (χ1v) is 8.81. The quantitative estimate of drug-likeness (QED) is 0.697. The van der Waals surface area contributed by atoms with Gasteiger partial charge >= 0.3 is 0 Å². The Bertz CT molecular complexity index is 714. The molecule has 2 aromatic rings. The van der Waals surface area contributed by atoms with Crippen LogP contribution in [0.1, 0.15) is 17.5 Å². The molecule has 0 saturated heterocycles. The molecule has 140 valence electrons. The van der Waals surface area contributed by atoms with E-state index in [4.69, 9.17) is 9.47 Å². The summed E-state index contributed by atoms with van der Waals surface area (Å²) in [5.74, 6) is 1.63. The van der Waals surface area contributed by atoms with Crippen LogP contribution in [0.25, 0.3) is 0 Å². The van der Waals surface area contributed by atoms with Gasteiger partial charge in [-0.1, -0.05) is 12.1 Å². The third-order valence-corrected chi connectivity index (χ3v) is 4.30. The van der Waals surface area contributed by atoms with E-state index in [1.54, 1.807) is 7.11 Å². The number of rotatable bonds is 9. The van der Waals surface area contributed by atoms with Crippen LogP contribution >= 0.6 is 0 Å². The number of benzene rings is 2. The zero-order chi connectivity index (χ0) is 18.9. The van der Waals surface area contributed by atoms with E-state index in [2.05, 4.69) is 5.32 Å². The molecule has 0 aliphatic rings. The van der Waals surface area contributed by atoms with Crippen LogP contribution in [0.5, 0.6) is 11.5 Å². The number of nitrogens with one attached hydrogen (secondary N) is 1. The van der Waals surface area contributed by atoms with E-state index in [1.165, 1.54) is 5.56 Å². The predicted octanol–water partition coefficient (Wildman–Crippen LogP) is 3.65. The van der Waals surface area contributed by atoms with Gasteiger partial charge in [-0.3, -0.25) is 9.69 Å². The maximum Gasteiger partial charge on any atom is 0.238 e. The van der Waals surface area contributed by atoms with Crippen molar-refractivity contribution < 1.29 is 14.3 Å². The molecule has 26 heavy (non-hydrogen) atoms. The summed E-state index contributed by atoms with van der Waals surface area (Å²) < 4.78 is 10.8. The smallest absolute Gasteiger partial charge is 0.238 e. The number of aryl methyl sites for hydroxylation is 1. The summed E-state index contributed by atoms with van der Waals surface area (Å²) in [6.07, 6.45) is 0.847. The number of anilines is 1. The van der Waals surface area contributed by atoms with E-state index in [-0.39, 0.29) is 5.91 Å². The fraction of sp³-hybridized carbons (Fsp3) is 0.381. The van der Waals surface area contributed by atoms with E-state index < -0.39 is 0 Å². The van der Waals surface area contributed by atoms with Gasteiger partial charge in [0.05, 0.1) is 20.3 Å². The monoisotopic (exact) mass is 356 g/mol. The average molecular weight is 356 g/mol. The highest BCUT2D eigenvalue weighted by Gasteiger charge is 2.09. The van der Waals surface area contributed by atoms with Crippen molar-refractivity contribution in [3.05, 3.63) is 53.6 Å². The van der Waals surface area contributed by atoms with Crippen LogP contribution in [-0.4, -0.2) is 44.7 Å². The Labute approximate surface area is 155 Å². The second kappa shape index (κ2) is 9.82. The lowest BCUT2D eigenvalue weighted by atomic mass is 10.1. The molecule has 0 aliphatic carbocycles. The molecule has 0 atom stereocenters. The number of hydrogen-bond acceptors (Lipinski definition) is 4. The first-order valence-electron chi connectivity index (χ1n) is 8.81. The van der Waals surface area contributed by atoms with Crippen LogP contribution in [0.2, 0.25) is 0 Å². The van der Waals surface area contributed by atoms with Crippen LogP contribution in [-0.2, 0) is 4.79 Å². The highest BCUT2D eigenvalue weighted by Crippen LogP contribution is 2.18. The zero-order valence-electron chi connectivity index (χ0n) is 16.0. The first kappa shape index (κ1) is 19.8.